The fourth-order valence-electron chi connectivity index (χ4n) is 1.75. The van der Waals surface area contributed by atoms with Crippen molar-refractivity contribution in [3.63, 3.8) is 0 Å². The van der Waals surface area contributed by atoms with Gasteiger partial charge in [-0.2, -0.15) is 13.2 Å². The van der Waals surface area contributed by atoms with Crippen molar-refractivity contribution >= 4 is 40.9 Å². The molecule has 0 radical (unpaired) electrons. The minimum Gasteiger partial charge on any atom is -0.322 e. The first-order valence-corrected chi connectivity index (χ1v) is 7.13. The number of carbonyl (C=O) groups excluding carboxylic acids is 1. The molecule has 1 N–H and O–H groups in total. The molecule has 0 bridgehead atoms. The molecule has 0 heterocycles. The molecule has 0 aromatic heterocycles. The summed E-state index contributed by atoms with van der Waals surface area (Å²) >= 11 is 11.3. The molecular weight excluding hydrogens is 350 g/mol. The topological polar surface area (TPSA) is 29.1 Å². The summed E-state index contributed by atoms with van der Waals surface area (Å²) in [7, 11) is 0. The number of halogens is 5. The van der Waals surface area contributed by atoms with Crippen LogP contribution in [-0.4, -0.2) is 5.91 Å². The van der Waals surface area contributed by atoms with E-state index in [1.807, 2.05) is 0 Å². The maximum Gasteiger partial charge on any atom is 0.417 e. The molecule has 7 heteroatoms. The Morgan fingerprint density at radius 1 is 1.04 bits per heavy atom. The number of rotatable bonds is 3. The summed E-state index contributed by atoms with van der Waals surface area (Å²) in [5.74, 6) is -0.560. The molecule has 0 aliphatic carbocycles. The Labute approximate surface area is 140 Å². The van der Waals surface area contributed by atoms with Gasteiger partial charge < -0.3 is 5.32 Å². The van der Waals surface area contributed by atoms with Gasteiger partial charge in [-0.15, -0.1) is 0 Å². The predicted octanol–water partition coefficient (Wildman–Crippen LogP) is 5.66. The van der Waals surface area contributed by atoms with Gasteiger partial charge in [0.25, 0.3) is 0 Å². The molecule has 0 saturated carbocycles. The van der Waals surface area contributed by atoms with E-state index in [1.165, 1.54) is 18.2 Å². The van der Waals surface area contributed by atoms with Gasteiger partial charge in [0.05, 0.1) is 10.6 Å². The SMILES string of the molecule is O=C(/C=C/c1ccc(Cl)cc1)Nc1ccc(Cl)c(C(F)(F)F)c1. The first-order chi connectivity index (χ1) is 10.8. The van der Waals surface area contributed by atoms with Crippen LogP contribution in [-0.2, 0) is 11.0 Å². The van der Waals surface area contributed by atoms with Crippen molar-refractivity contribution in [3.05, 3.63) is 69.7 Å². The van der Waals surface area contributed by atoms with Crippen LogP contribution in [0.2, 0.25) is 10.0 Å². The number of carbonyl (C=O) groups is 1. The van der Waals surface area contributed by atoms with Gasteiger partial charge in [-0.25, -0.2) is 0 Å². The van der Waals surface area contributed by atoms with Crippen molar-refractivity contribution in [2.45, 2.75) is 6.18 Å². The van der Waals surface area contributed by atoms with Crippen LogP contribution in [0.25, 0.3) is 6.08 Å². The predicted molar refractivity (Wildman–Crippen MR) is 85.6 cm³/mol. The van der Waals surface area contributed by atoms with E-state index >= 15 is 0 Å². The van der Waals surface area contributed by atoms with Crippen LogP contribution < -0.4 is 5.32 Å². The Balaban J connectivity index is 2.10. The van der Waals surface area contributed by atoms with Gasteiger partial charge in [0.2, 0.25) is 5.91 Å². The maximum atomic E-state index is 12.7. The summed E-state index contributed by atoms with van der Waals surface area (Å²) in [6.07, 6.45) is -1.85. The monoisotopic (exact) mass is 359 g/mol. The molecule has 23 heavy (non-hydrogen) atoms. The third kappa shape index (κ3) is 5.01. The lowest BCUT2D eigenvalue weighted by Crippen LogP contribution is -2.11. The molecule has 2 aromatic carbocycles. The number of hydrogen-bond donors (Lipinski definition) is 1. The Bertz CT molecular complexity index is 740. The van der Waals surface area contributed by atoms with E-state index in [-0.39, 0.29) is 5.69 Å². The van der Waals surface area contributed by atoms with Crippen LogP contribution in [0.15, 0.2) is 48.5 Å². The minimum atomic E-state index is -4.59. The van der Waals surface area contributed by atoms with E-state index in [9.17, 15) is 18.0 Å². The molecule has 0 aliphatic rings. The zero-order chi connectivity index (χ0) is 17.0. The summed E-state index contributed by atoms with van der Waals surface area (Å²) < 4.78 is 38.2. The van der Waals surface area contributed by atoms with Gasteiger partial charge in [0, 0.05) is 16.8 Å². The van der Waals surface area contributed by atoms with Crippen LogP contribution in [0.3, 0.4) is 0 Å². The summed E-state index contributed by atoms with van der Waals surface area (Å²) in [5, 5.41) is 2.49. The van der Waals surface area contributed by atoms with Gasteiger partial charge in [0.1, 0.15) is 0 Å². The molecule has 2 rings (SSSR count). The van der Waals surface area contributed by atoms with Crippen LogP contribution in [0.1, 0.15) is 11.1 Å². The second-order valence-electron chi connectivity index (χ2n) is 4.57. The summed E-state index contributed by atoms with van der Waals surface area (Å²) in [4.78, 5) is 11.8. The largest absolute Gasteiger partial charge is 0.417 e. The fourth-order valence-corrected chi connectivity index (χ4v) is 2.10. The highest BCUT2D eigenvalue weighted by molar-refractivity contribution is 6.31. The lowest BCUT2D eigenvalue weighted by atomic mass is 10.2. The molecule has 0 aliphatic heterocycles. The highest BCUT2D eigenvalue weighted by atomic mass is 35.5. The van der Waals surface area contributed by atoms with E-state index in [1.54, 1.807) is 24.3 Å². The quantitative estimate of drug-likeness (QED) is 0.703. The first kappa shape index (κ1) is 17.4. The van der Waals surface area contributed by atoms with Gasteiger partial charge in [-0.1, -0.05) is 35.3 Å². The van der Waals surface area contributed by atoms with Crippen LogP contribution in [0.5, 0.6) is 0 Å². The highest BCUT2D eigenvalue weighted by Crippen LogP contribution is 2.36. The average molecular weight is 360 g/mol. The minimum absolute atomic E-state index is 0.00693. The van der Waals surface area contributed by atoms with Crippen molar-refractivity contribution in [2.24, 2.45) is 0 Å². The van der Waals surface area contributed by atoms with Gasteiger partial charge in [-0.05, 0) is 42.0 Å². The van der Waals surface area contributed by atoms with Crippen LogP contribution in [0, 0.1) is 0 Å². The van der Waals surface area contributed by atoms with E-state index in [4.69, 9.17) is 23.2 Å². The smallest absolute Gasteiger partial charge is 0.322 e. The zero-order valence-corrected chi connectivity index (χ0v) is 13.0. The number of amides is 1. The molecule has 0 saturated heterocycles. The standard InChI is InChI=1S/C16H10Cl2F3NO/c17-11-4-1-10(2-5-11)3-8-15(23)22-12-6-7-14(18)13(9-12)16(19,20)21/h1-9H,(H,22,23)/b8-3+. The number of hydrogen-bond acceptors (Lipinski definition) is 1. The number of nitrogens with one attached hydrogen (secondary N) is 1. The zero-order valence-electron chi connectivity index (χ0n) is 11.5. The second-order valence-corrected chi connectivity index (χ2v) is 5.41. The Kier molecular flexibility index (Phi) is 5.34. The Morgan fingerprint density at radius 2 is 1.70 bits per heavy atom. The van der Waals surface area contributed by atoms with E-state index in [0.717, 1.165) is 17.7 Å². The second kappa shape index (κ2) is 7.06. The molecule has 0 fully saturated rings. The van der Waals surface area contributed by atoms with Gasteiger partial charge >= 0.3 is 6.18 Å². The molecule has 120 valence electrons. The fraction of sp³-hybridized carbons (Fsp3) is 0.0625. The summed E-state index contributed by atoms with van der Waals surface area (Å²) in [6, 6.07) is 9.90. The first-order valence-electron chi connectivity index (χ1n) is 6.37. The van der Waals surface area contributed by atoms with Crippen molar-refractivity contribution in [3.8, 4) is 0 Å². The lowest BCUT2D eigenvalue weighted by Gasteiger charge is -2.11. The number of benzene rings is 2. The van der Waals surface area contributed by atoms with Gasteiger partial charge in [-0.3, -0.25) is 4.79 Å². The summed E-state index contributed by atoms with van der Waals surface area (Å²) in [6.45, 7) is 0. The highest BCUT2D eigenvalue weighted by Gasteiger charge is 2.33. The van der Waals surface area contributed by atoms with Gasteiger partial charge in [0.15, 0.2) is 0 Å². The Morgan fingerprint density at radius 3 is 2.30 bits per heavy atom. The molecule has 2 aromatic rings. The lowest BCUT2D eigenvalue weighted by molar-refractivity contribution is -0.137. The van der Waals surface area contributed by atoms with Crippen molar-refractivity contribution in [1.29, 1.82) is 0 Å². The summed E-state index contributed by atoms with van der Waals surface area (Å²) in [5.41, 5.74) is -0.261. The van der Waals surface area contributed by atoms with E-state index in [0.29, 0.717) is 5.02 Å². The van der Waals surface area contributed by atoms with Crippen molar-refractivity contribution < 1.29 is 18.0 Å². The Hall–Kier alpha value is -1.98. The van der Waals surface area contributed by atoms with Crippen LogP contribution in [0.4, 0.5) is 18.9 Å². The molecule has 2 nitrogen and oxygen atoms in total. The van der Waals surface area contributed by atoms with E-state index < -0.39 is 22.7 Å². The normalized spacial score (nSPS) is 11.7. The van der Waals surface area contributed by atoms with Crippen molar-refractivity contribution in [1.82, 2.24) is 0 Å². The third-order valence-electron chi connectivity index (χ3n) is 2.84. The number of alkyl halides is 3. The molecule has 0 atom stereocenters. The molecular formula is C16H10Cl2F3NO. The maximum absolute atomic E-state index is 12.7. The molecule has 1 amide bonds. The third-order valence-corrected chi connectivity index (χ3v) is 3.42. The van der Waals surface area contributed by atoms with Crippen LogP contribution >= 0.6 is 23.2 Å². The molecule has 0 spiro atoms. The van der Waals surface area contributed by atoms with E-state index in [2.05, 4.69) is 5.32 Å². The van der Waals surface area contributed by atoms with Crippen molar-refractivity contribution in [2.75, 3.05) is 5.32 Å². The number of anilines is 1. The average Bonchev–Trinajstić information content (AvgIpc) is 2.47. The molecule has 0 unspecified atom stereocenters.